The average molecular weight is 263 g/mol. The number of nitrogens with zero attached hydrogens (tertiary/aromatic N) is 2. The maximum atomic E-state index is 5.95. The van der Waals surface area contributed by atoms with Gasteiger partial charge in [-0.25, -0.2) is 4.98 Å². The molecule has 104 valence electrons. The fourth-order valence-corrected chi connectivity index (χ4v) is 2.75. The zero-order chi connectivity index (χ0) is 13.1. The summed E-state index contributed by atoms with van der Waals surface area (Å²) in [4.78, 5) is 6.96. The van der Waals surface area contributed by atoms with Crippen LogP contribution in [0.4, 0.5) is 11.6 Å². The smallest absolute Gasteiger partial charge is 0.131 e. The van der Waals surface area contributed by atoms with Crippen LogP contribution in [0.15, 0.2) is 18.2 Å². The van der Waals surface area contributed by atoms with Crippen molar-refractivity contribution in [3.63, 3.8) is 0 Å². The van der Waals surface area contributed by atoms with Gasteiger partial charge in [0.25, 0.3) is 0 Å². The predicted molar refractivity (Wildman–Crippen MR) is 74.7 cm³/mol. The van der Waals surface area contributed by atoms with E-state index in [0.29, 0.717) is 6.61 Å². The van der Waals surface area contributed by atoms with E-state index in [4.69, 9.17) is 9.47 Å². The van der Waals surface area contributed by atoms with Gasteiger partial charge < -0.3 is 19.7 Å². The highest BCUT2D eigenvalue weighted by Gasteiger charge is 2.40. The van der Waals surface area contributed by atoms with Gasteiger partial charge in [0, 0.05) is 26.1 Å². The van der Waals surface area contributed by atoms with Crippen molar-refractivity contribution in [1.82, 2.24) is 4.98 Å². The third-order valence-corrected chi connectivity index (χ3v) is 3.73. The topological polar surface area (TPSA) is 46.6 Å². The third-order valence-electron chi connectivity index (χ3n) is 3.73. The van der Waals surface area contributed by atoms with Gasteiger partial charge >= 0.3 is 0 Å². The molecule has 0 amide bonds. The first-order chi connectivity index (χ1) is 9.31. The van der Waals surface area contributed by atoms with Gasteiger partial charge in [-0.05, 0) is 19.1 Å². The average Bonchev–Trinajstić information content (AvgIpc) is 2.87. The number of ether oxygens (including phenoxy) is 2. The van der Waals surface area contributed by atoms with Crippen LogP contribution in [0.5, 0.6) is 0 Å². The van der Waals surface area contributed by atoms with Crippen molar-refractivity contribution in [3.8, 4) is 0 Å². The Labute approximate surface area is 113 Å². The van der Waals surface area contributed by atoms with Crippen molar-refractivity contribution < 1.29 is 9.47 Å². The minimum Gasteiger partial charge on any atom is -0.378 e. The molecule has 3 heterocycles. The predicted octanol–water partition coefficient (Wildman–Crippen LogP) is 1.51. The van der Waals surface area contributed by atoms with Crippen LogP contribution in [0.3, 0.4) is 0 Å². The van der Waals surface area contributed by atoms with Crippen LogP contribution < -0.4 is 10.2 Å². The van der Waals surface area contributed by atoms with Crippen LogP contribution in [0.1, 0.15) is 13.3 Å². The van der Waals surface area contributed by atoms with E-state index >= 15 is 0 Å². The monoisotopic (exact) mass is 263 g/mol. The second-order valence-electron chi connectivity index (χ2n) is 5.17. The van der Waals surface area contributed by atoms with Crippen molar-refractivity contribution in [2.24, 2.45) is 0 Å². The molecule has 2 fully saturated rings. The van der Waals surface area contributed by atoms with E-state index in [9.17, 15) is 0 Å². The molecule has 1 N–H and O–H groups in total. The number of aromatic nitrogens is 1. The van der Waals surface area contributed by atoms with E-state index in [0.717, 1.165) is 50.9 Å². The molecular weight excluding hydrogens is 242 g/mol. The van der Waals surface area contributed by atoms with Crippen LogP contribution in [0, 0.1) is 0 Å². The minimum atomic E-state index is -0.117. The van der Waals surface area contributed by atoms with Crippen LogP contribution in [-0.4, -0.2) is 50.0 Å². The molecule has 19 heavy (non-hydrogen) atoms. The molecular formula is C14H21N3O2. The van der Waals surface area contributed by atoms with Crippen molar-refractivity contribution in [2.45, 2.75) is 18.9 Å². The highest BCUT2D eigenvalue weighted by Crippen LogP contribution is 2.29. The third kappa shape index (κ3) is 2.67. The lowest BCUT2D eigenvalue weighted by Crippen LogP contribution is -2.52. The van der Waals surface area contributed by atoms with E-state index in [1.807, 2.05) is 12.1 Å². The summed E-state index contributed by atoms with van der Waals surface area (Å²) in [5.74, 6) is 1.95. The van der Waals surface area contributed by atoms with Crippen molar-refractivity contribution >= 4 is 11.6 Å². The van der Waals surface area contributed by atoms with Crippen LogP contribution in [0.2, 0.25) is 0 Å². The Balaban J connectivity index is 1.75. The Kier molecular flexibility index (Phi) is 3.57. The molecule has 0 aromatic carbocycles. The van der Waals surface area contributed by atoms with Crippen LogP contribution in [0.25, 0.3) is 0 Å². The summed E-state index contributed by atoms with van der Waals surface area (Å²) in [6, 6.07) is 6.12. The first-order valence-corrected chi connectivity index (χ1v) is 6.99. The number of hydrogen-bond donors (Lipinski definition) is 1. The molecule has 1 aromatic heterocycles. The summed E-state index contributed by atoms with van der Waals surface area (Å²) < 4.78 is 11.4. The van der Waals surface area contributed by atoms with Crippen LogP contribution >= 0.6 is 0 Å². The maximum absolute atomic E-state index is 5.95. The highest BCUT2D eigenvalue weighted by atomic mass is 16.6. The zero-order valence-electron chi connectivity index (χ0n) is 11.4. The van der Waals surface area contributed by atoms with Gasteiger partial charge in [-0.2, -0.15) is 0 Å². The van der Waals surface area contributed by atoms with Gasteiger partial charge in [-0.3, -0.25) is 0 Å². The van der Waals surface area contributed by atoms with E-state index in [1.165, 1.54) is 0 Å². The molecule has 1 aromatic rings. The second-order valence-corrected chi connectivity index (χ2v) is 5.17. The lowest BCUT2D eigenvalue weighted by molar-refractivity contribution is -0.0581. The van der Waals surface area contributed by atoms with E-state index < -0.39 is 0 Å². The Morgan fingerprint density at radius 1 is 1.42 bits per heavy atom. The van der Waals surface area contributed by atoms with Crippen molar-refractivity contribution in [1.29, 1.82) is 0 Å². The lowest BCUT2D eigenvalue weighted by Gasteiger charge is -2.40. The number of anilines is 2. The van der Waals surface area contributed by atoms with Gasteiger partial charge in [-0.15, -0.1) is 0 Å². The second kappa shape index (κ2) is 5.35. The largest absolute Gasteiger partial charge is 0.378 e. The normalized spacial score (nSPS) is 26.9. The van der Waals surface area contributed by atoms with E-state index in [2.05, 4.69) is 28.2 Å². The molecule has 1 spiro atoms. The molecule has 3 rings (SSSR count). The summed E-state index contributed by atoms with van der Waals surface area (Å²) in [6.45, 7) is 6.98. The fourth-order valence-electron chi connectivity index (χ4n) is 2.75. The SMILES string of the molecule is CCNc1cccc(N2CCOC3(CCOC3)C2)n1. The molecule has 0 bridgehead atoms. The Bertz CT molecular complexity index is 432. The van der Waals surface area contributed by atoms with Crippen molar-refractivity contribution in [3.05, 3.63) is 18.2 Å². The van der Waals surface area contributed by atoms with E-state index in [1.54, 1.807) is 0 Å². The number of pyridine rings is 1. The van der Waals surface area contributed by atoms with Gasteiger partial charge in [0.1, 0.15) is 17.2 Å². The van der Waals surface area contributed by atoms with Crippen LogP contribution in [-0.2, 0) is 9.47 Å². The van der Waals surface area contributed by atoms with Gasteiger partial charge in [0.15, 0.2) is 0 Å². The summed E-state index contributed by atoms with van der Waals surface area (Å²) in [7, 11) is 0. The van der Waals surface area contributed by atoms with Gasteiger partial charge in [0.2, 0.25) is 0 Å². The molecule has 1 unspecified atom stereocenters. The molecule has 2 saturated heterocycles. The first kappa shape index (κ1) is 12.7. The molecule has 0 saturated carbocycles. The zero-order valence-corrected chi connectivity index (χ0v) is 11.4. The quantitative estimate of drug-likeness (QED) is 0.895. The van der Waals surface area contributed by atoms with E-state index in [-0.39, 0.29) is 5.60 Å². The molecule has 1 atom stereocenters. The molecule has 5 nitrogen and oxygen atoms in total. The summed E-state index contributed by atoms with van der Waals surface area (Å²) in [6.07, 6.45) is 0.983. The minimum absolute atomic E-state index is 0.117. The lowest BCUT2D eigenvalue weighted by atomic mass is 10.0. The van der Waals surface area contributed by atoms with Gasteiger partial charge in [0.05, 0.1) is 19.8 Å². The standard InChI is InChI=1S/C14H21N3O2/c1-2-15-12-4-3-5-13(16-12)17-7-9-19-14(10-17)6-8-18-11-14/h3-5H,2,6-11H2,1H3,(H,15,16). The van der Waals surface area contributed by atoms with Gasteiger partial charge in [-0.1, -0.05) is 6.07 Å². The Morgan fingerprint density at radius 2 is 2.37 bits per heavy atom. The molecule has 2 aliphatic heterocycles. The highest BCUT2D eigenvalue weighted by molar-refractivity contribution is 5.47. The summed E-state index contributed by atoms with van der Waals surface area (Å²) >= 11 is 0. The maximum Gasteiger partial charge on any atom is 0.131 e. The molecule has 5 heteroatoms. The molecule has 0 aliphatic carbocycles. The first-order valence-electron chi connectivity index (χ1n) is 6.99. The fraction of sp³-hybridized carbons (Fsp3) is 0.643. The number of hydrogen-bond acceptors (Lipinski definition) is 5. The molecule has 2 aliphatic rings. The summed E-state index contributed by atoms with van der Waals surface area (Å²) in [5.41, 5.74) is -0.117. The Hall–Kier alpha value is -1.33. The Morgan fingerprint density at radius 3 is 3.16 bits per heavy atom. The molecule has 0 radical (unpaired) electrons. The van der Waals surface area contributed by atoms with Crippen molar-refractivity contribution in [2.75, 3.05) is 49.7 Å². The number of nitrogens with one attached hydrogen (secondary N) is 1. The number of morpholine rings is 1. The number of rotatable bonds is 3. The summed E-state index contributed by atoms with van der Waals surface area (Å²) in [5, 5.41) is 3.25.